The molecule has 3 rings (SSSR count). The smallest absolute Gasteiger partial charge is 0.422 e. The van der Waals surface area contributed by atoms with Crippen molar-refractivity contribution in [2.45, 2.75) is 6.42 Å². The average molecular weight is 380 g/mol. The molecule has 1 fully saturated rings. The number of benzene rings is 2. The van der Waals surface area contributed by atoms with Gasteiger partial charge in [-0.3, -0.25) is 4.74 Å². The maximum absolute atomic E-state index is 11.3. The molecule has 2 aromatic carbocycles. The summed E-state index contributed by atoms with van der Waals surface area (Å²) in [7, 11) is 0. The summed E-state index contributed by atoms with van der Waals surface area (Å²) in [5.41, 5.74) is 0. The van der Waals surface area contributed by atoms with E-state index in [-0.39, 0.29) is 27.2 Å². The summed E-state index contributed by atoms with van der Waals surface area (Å²) in [6.45, 7) is 0.422. The Labute approximate surface area is 128 Å². The monoisotopic (exact) mass is 380 g/mol. The van der Waals surface area contributed by atoms with E-state index >= 15 is 0 Å². The van der Waals surface area contributed by atoms with E-state index in [1.54, 1.807) is 0 Å². The van der Waals surface area contributed by atoms with Crippen molar-refractivity contribution < 1.29 is 35.5 Å². The van der Waals surface area contributed by atoms with Gasteiger partial charge >= 0.3 is 33.3 Å². The maximum Gasteiger partial charge on any atom is 0.547 e. The van der Waals surface area contributed by atoms with Crippen LogP contribution in [0, 0.1) is 13.2 Å². The molecule has 1 aliphatic heterocycles. The average Bonchev–Trinajstić information content (AvgIpc) is 2.88. The normalized spacial score (nSPS) is 14.2. The van der Waals surface area contributed by atoms with Gasteiger partial charge in [0.05, 0.1) is 0 Å². The minimum absolute atomic E-state index is 0.163. The summed E-state index contributed by atoms with van der Waals surface area (Å²) in [5.74, 6) is 0.352. The Balaban J connectivity index is 1.64. The molecule has 0 unspecified atom stereocenters. The molecule has 0 bridgehead atoms. The zero-order valence-electron chi connectivity index (χ0n) is 10.7. The van der Waals surface area contributed by atoms with Crippen LogP contribution in [0.5, 0.6) is 5.75 Å². The van der Waals surface area contributed by atoms with E-state index in [9.17, 15) is 4.79 Å². The first-order chi connectivity index (χ1) is 9.81. The van der Waals surface area contributed by atoms with Gasteiger partial charge < -0.3 is 4.74 Å². The molecule has 100 valence electrons. The van der Waals surface area contributed by atoms with Crippen LogP contribution in [0.15, 0.2) is 54.6 Å². The Morgan fingerprint density at radius 1 is 1.00 bits per heavy atom. The number of halogens is 1. The fourth-order valence-electron chi connectivity index (χ4n) is 1.82. The standard InChI is InChI=1S/C16H13IO3/c18-16-15(10-11-19-16)20-14-8-6-13(7-9-14)17-12-4-2-1-3-5-12/h1-9H,10-11H2/q+2. The van der Waals surface area contributed by atoms with E-state index < -0.39 is 0 Å². The summed E-state index contributed by atoms with van der Waals surface area (Å²) in [6.07, 6.45) is 0.952. The molecule has 1 saturated heterocycles. The first-order valence-corrected chi connectivity index (χ1v) is 8.48. The SMILES string of the molecule is O=C1OCC[C+]1Oc1ccc([I+]c2ccccc2)cc1. The van der Waals surface area contributed by atoms with Gasteiger partial charge in [-0.1, -0.05) is 18.2 Å². The predicted octanol–water partition coefficient (Wildman–Crippen LogP) is -0.327. The summed E-state index contributed by atoms with van der Waals surface area (Å²) >= 11 is -0.163. The first kappa shape index (κ1) is 13.3. The van der Waals surface area contributed by atoms with Gasteiger partial charge in [0.15, 0.2) is 19.3 Å². The highest BCUT2D eigenvalue weighted by molar-refractivity contribution is 5.84. The van der Waals surface area contributed by atoms with E-state index in [1.807, 2.05) is 18.2 Å². The molecular formula is C16H13IO3+2. The van der Waals surface area contributed by atoms with Crippen LogP contribution in [0.1, 0.15) is 6.42 Å². The molecule has 2 aromatic rings. The highest BCUT2D eigenvalue weighted by atomic mass is 127. The fourth-order valence-corrected chi connectivity index (χ4v) is 4.04. The van der Waals surface area contributed by atoms with Crippen LogP contribution >= 0.6 is 0 Å². The van der Waals surface area contributed by atoms with Crippen LogP contribution in [0.25, 0.3) is 0 Å². The van der Waals surface area contributed by atoms with Crippen molar-refractivity contribution in [2.24, 2.45) is 0 Å². The van der Waals surface area contributed by atoms with E-state index in [4.69, 9.17) is 9.47 Å². The molecule has 0 atom stereocenters. The third-order valence-corrected chi connectivity index (χ3v) is 5.48. The number of carbonyl (C=O) groups is 1. The summed E-state index contributed by atoms with van der Waals surface area (Å²) in [6, 6.07) is 18.4. The molecule has 0 saturated carbocycles. The predicted molar refractivity (Wildman–Crippen MR) is 69.7 cm³/mol. The Morgan fingerprint density at radius 2 is 1.70 bits per heavy atom. The third kappa shape index (κ3) is 3.25. The largest absolute Gasteiger partial charge is 0.547 e. The lowest BCUT2D eigenvalue weighted by Gasteiger charge is -1.96. The number of esters is 1. The second-order valence-electron chi connectivity index (χ2n) is 4.26. The number of rotatable bonds is 4. The van der Waals surface area contributed by atoms with Gasteiger partial charge in [0.25, 0.3) is 0 Å². The lowest BCUT2D eigenvalue weighted by atomic mass is 10.3. The van der Waals surface area contributed by atoms with Gasteiger partial charge in [0, 0.05) is 0 Å². The van der Waals surface area contributed by atoms with Crippen molar-refractivity contribution in [3.63, 3.8) is 0 Å². The molecule has 0 radical (unpaired) electrons. The fraction of sp³-hybridized carbons (Fsp3) is 0.125. The van der Waals surface area contributed by atoms with Crippen LogP contribution in [-0.2, 0) is 9.53 Å². The maximum atomic E-state index is 11.3. The molecule has 1 heterocycles. The van der Waals surface area contributed by atoms with E-state index in [1.165, 1.54) is 7.14 Å². The minimum atomic E-state index is -0.342. The number of ether oxygens (including phenoxy) is 2. The van der Waals surface area contributed by atoms with Gasteiger partial charge in [-0.2, -0.15) is 4.79 Å². The van der Waals surface area contributed by atoms with Crippen molar-refractivity contribution in [2.75, 3.05) is 6.61 Å². The van der Waals surface area contributed by atoms with Gasteiger partial charge in [0.1, 0.15) is 6.61 Å². The van der Waals surface area contributed by atoms with Crippen LogP contribution in [0.2, 0.25) is 0 Å². The molecule has 3 nitrogen and oxygen atoms in total. The number of cyclic esters (lactones) is 1. The van der Waals surface area contributed by atoms with Gasteiger partial charge in [-0.25, -0.2) is 0 Å². The summed E-state index contributed by atoms with van der Waals surface area (Å²) in [5, 5.41) is 0. The third-order valence-electron chi connectivity index (χ3n) is 2.80. The van der Waals surface area contributed by atoms with E-state index in [2.05, 4.69) is 36.4 Å². The number of hydrogen-bond donors (Lipinski definition) is 0. The molecule has 0 aliphatic carbocycles. The van der Waals surface area contributed by atoms with Crippen LogP contribution in [0.4, 0.5) is 0 Å². The number of carbonyl (C=O) groups excluding carboxylic acids is 1. The lowest BCUT2D eigenvalue weighted by molar-refractivity contribution is -0.597. The highest BCUT2D eigenvalue weighted by Crippen LogP contribution is 2.22. The Hall–Kier alpha value is -1.69. The molecular weight excluding hydrogens is 367 g/mol. The van der Waals surface area contributed by atoms with E-state index in [0.29, 0.717) is 24.9 Å². The van der Waals surface area contributed by atoms with Crippen molar-refractivity contribution in [3.05, 3.63) is 67.8 Å². The molecule has 0 spiro atoms. The molecule has 4 heteroatoms. The zero-order chi connectivity index (χ0) is 13.8. The quantitative estimate of drug-likeness (QED) is 0.414. The first-order valence-electron chi connectivity index (χ1n) is 6.32. The van der Waals surface area contributed by atoms with Crippen molar-refractivity contribution in [1.29, 1.82) is 0 Å². The van der Waals surface area contributed by atoms with Crippen molar-refractivity contribution in [3.8, 4) is 5.75 Å². The van der Waals surface area contributed by atoms with Crippen molar-refractivity contribution in [1.82, 2.24) is 0 Å². The molecule has 1 aliphatic rings. The van der Waals surface area contributed by atoms with E-state index in [0.717, 1.165) is 0 Å². The Kier molecular flexibility index (Phi) is 4.11. The lowest BCUT2D eigenvalue weighted by Crippen LogP contribution is -3.61. The van der Waals surface area contributed by atoms with Gasteiger partial charge in [-0.05, 0) is 36.4 Å². The number of hydrogen-bond acceptors (Lipinski definition) is 3. The topological polar surface area (TPSA) is 35.5 Å². The Bertz CT molecular complexity index is 580. The molecule has 20 heavy (non-hydrogen) atoms. The zero-order valence-corrected chi connectivity index (χ0v) is 12.9. The molecule has 0 N–H and O–H groups in total. The molecule has 0 amide bonds. The van der Waals surface area contributed by atoms with Crippen molar-refractivity contribution >= 4 is 5.97 Å². The van der Waals surface area contributed by atoms with Crippen LogP contribution < -0.4 is 25.9 Å². The Morgan fingerprint density at radius 3 is 2.35 bits per heavy atom. The highest BCUT2D eigenvalue weighted by Gasteiger charge is 2.44. The summed E-state index contributed by atoms with van der Waals surface area (Å²) in [4.78, 5) is 11.3. The molecule has 0 aromatic heterocycles. The van der Waals surface area contributed by atoms with Crippen LogP contribution in [-0.4, -0.2) is 12.6 Å². The van der Waals surface area contributed by atoms with Crippen LogP contribution in [0.3, 0.4) is 0 Å². The van der Waals surface area contributed by atoms with Gasteiger partial charge in [-0.15, -0.1) is 0 Å². The van der Waals surface area contributed by atoms with Gasteiger partial charge in [0.2, 0.25) is 0 Å². The minimum Gasteiger partial charge on any atom is -0.422 e. The second kappa shape index (κ2) is 6.17. The summed E-state index contributed by atoms with van der Waals surface area (Å²) < 4.78 is 13.1. The second-order valence-corrected chi connectivity index (χ2v) is 7.29.